The lowest BCUT2D eigenvalue weighted by Crippen LogP contribution is -2.45. The van der Waals surface area contributed by atoms with Gasteiger partial charge in [0.2, 0.25) is 0 Å². The van der Waals surface area contributed by atoms with Crippen molar-refractivity contribution in [3.63, 3.8) is 0 Å². The molecule has 1 aliphatic heterocycles. The summed E-state index contributed by atoms with van der Waals surface area (Å²) in [7, 11) is 1.76. The summed E-state index contributed by atoms with van der Waals surface area (Å²) in [6, 6.07) is 12.7. The molecule has 3 fully saturated rings. The Hall–Kier alpha value is -2.20. The number of hydrogen-bond acceptors (Lipinski definition) is 4. The predicted molar refractivity (Wildman–Crippen MR) is 148 cm³/mol. The smallest absolute Gasteiger partial charge is 0.161 e. The van der Waals surface area contributed by atoms with E-state index in [2.05, 4.69) is 43.0 Å². The van der Waals surface area contributed by atoms with Gasteiger partial charge in [0.05, 0.1) is 13.7 Å². The number of ether oxygens (including phenoxy) is 2. The standard InChI is InChI=1S/C33H45NO3/c1-22-18-24-20-26(35)8-9-27(24)28-12-14-33(2)25(7-10-29(33)32(22)28)13-17-37-30-11-6-23(19-31(30)36-3)21-34-15-4-5-16-34/h6,8-9,11,19-20,22,25,28-29,32,35H,4-5,7,10,12-18,21H2,1-3H3/t22-,25-,28-,29+,32-,33-/m1/s1. The second kappa shape index (κ2) is 10.2. The normalized spacial score (nSPS) is 33.0. The van der Waals surface area contributed by atoms with E-state index in [1.807, 2.05) is 12.1 Å². The molecule has 0 spiro atoms. The number of phenolic OH excluding ortho intramolecular Hbond substituents is 1. The van der Waals surface area contributed by atoms with Crippen LogP contribution in [0.3, 0.4) is 0 Å². The van der Waals surface area contributed by atoms with Crippen LogP contribution in [0.1, 0.15) is 81.4 Å². The van der Waals surface area contributed by atoms with Gasteiger partial charge in [0, 0.05) is 6.54 Å². The molecule has 3 aliphatic carbocycles. The van der Waals surface area contributed by atoms with E-state index < -0.39 is 0 Å². The fourth-order valence-electron chi connectivity index (χ4n) is 8.99. The number of nitrogens with zero attached hydrogens (tertiary/aromatic N) is 1. The molecular formula is C33H45NO3. The van der Waals surface area contributed by atoms with Crippen molar-refractivity contribution in [2.24, 2.45) is 29.1 Å². The highest BCUT2D eigenvalue weighted by Crippen LogP contribution is 2.64. The van der Waals surface area contributed by atoms with E-state index in [0.717, 1.165) is 55.2 Å². The Morgan fingerprint density at radius 2 is 1.86 bits per heavy atom. The van der Waals surface area contributed by atoms with E-state index in [1.165, 1.54) is 68.3 Å². The average Bonchev–Trinajstić information content (AvgIpc) is 3.52. The summed E-state index contributed by atoms with van der Waals surface area (Å²) in [5.41, 5.74) is 4.64. The van der Waals surface area contributed by atoms with Crippen LogP contribution in [0, 0.1) is 29.1 Å². The van der Waals surface area contributed by atoms with Gasteiger partial charge in [-0.2, -0.15) is 0 Å². The second-order valence-corrected chi connectivity index (χ2v) is 12.8. The number of phenols is 1. The summed E-state index contributed by atoms with van der Waals surface area (Å²) in [5, 5.41) is 10.0. The minimum atomic E-state index is 0.414. The van der Waals surface area contributed by atoms with Crippen LogP contribution < -0.4 is 9.47 Å². The molecule has 6 rings (SSSR count). The van der Waals surface area contributed by atoms with Crippen molar-refractivity contribution >= 4 is 0 Å². The lowest BCUT2D eigenvalue weighted by atomic mass is 9.51. The van der Waals surface area contributed by atoms with Gasteiger partial charge >= 0.3 is 0 Å². The molecule has 0 bridgehead atoms. The van der Waals surface area contributed by atoms with Crippen molar-refractivity contribution < 1.29 is 14.6 Å². The number of methoxy groups -OCH3 is 1. The van der Waals surface area contributed by atoms with E-state index in [1.54, 1.807) is 7.11 Å². The van der Waals surface area contributed by atoms with Crippen molar-refractivity contribution in [3.05, 3.63) is 53.1 Å². The Kier molecular flexibility index (Phi) is 6.90. The quantitative estimate of drug-likeness (QED) is 0.434. The first-order valence-corrected chi connectivity index (χ1v) is 14.8. The molecule has 0 aromatic heterocycles. The first kappa shape index (κ1) is 25.1. The molecule has 4 nitrogen and oxygen atoms in total. The molecular weight excluding hydrogens is 458 g/mol. The molecule has 6 atom stereocenters. The minimum Gasteiger partial charge on any atom is -0.508 e. The van der Waals surface area contributed by atoms with Gasteiger partial charge in [0.1, 0.15) is 5.75 Å². The Morgan fingerprint density at radius 3 is 2.68 bits per heavy atom. The molecule has 2 aromatic rings. The number of aromatic hydroxyl groups is 1. The lowest BCUT2D eigenvalue weighted by molar-refractivity contribution is 0.000862. The van der Waals surface area contributed by atoms with Crippen LogP contribution in [0.25, 0.3) is 0 Å². The zero-order valence-electron chi connectivity index (χ0n) is 23.0. The van der Waals surface area contributed by atoms with Crippen LogP contribution in [0.5, 0.6) is 17.2 Å². The maximum absolute atomic E-state index is 10.0. The lowest BCUT2D eigenvalue weighted by Gasteiger charge is -2.53. The fourth-order valence-corrected chi connectivity index (χ4v) is 8.99. The predicted octanol–water partition coefficient (Wildman–Crippen LogP) is 7.18. The molecule has 1 saturated heterocycles. The number of hydrogen-bond donors (Lipinski definition) is 1. The first-order valence-electron chi connectivity index (χ1n) is 14.8. The Bertz CT molecular complexity index is 1110. The van der Waals surface area contributed by atoms with Gasteiger partial charge in [0.15, 0.2) is 11.5 Å². The number of benzene rings is 2. The average molecular weight is 504 g/mol. The van der Waals surface area contributed by atoms with Crippen molar-refractivity contribution in [3.8, 4) is 17.2 Å². The Balaban J connectivity index is 1.10. The SMILES string of the molecule is COc1cc(CN2CCCC2)ccc1OCC[C@H]1CC[C@H]2[C@@H]3[C@H](C)Cc4cc(O)ccc4[C@H]3CC[C@]12C. The summed E-state index contributed by atoms with van der Waals surface area (Å²) in [6.45, 7) is 9.24. The number of fused-ring (bicyclic) bond motifs is 5. The van der Waals surface area contributed by atoms with Gasteiger partial charge in [0.25, 0.3) is 0 Å². The van der Waals surface area contributed by atoms with Crippen LogP contribution in [-0.2, 0) is 13.0 Å². The third kappa shape index (κ3) is 4.64. The summed E-state index contributed by atoms with van der Waals surface area (Å²) < 4.78 is 12.1. The molecule has 37 heavy (non-hydrogen) atoms. The van der Waals surface area contributed by atoms with Crippen molar-refractivity contribution in [1.29, 1.82) is 0 Å². The maximum atomic E-state index is 10.0. The third-order valence-corrected chi connectivity index (χ3v) is 10.8. The zero-order chi connectivity index (χ0) is 25.6. The van der Waals surface area contributed by atoms with Crippen LogP contribution in [-0.4, -0.2) is 36.8 Å². The van der Waals surface area contributed by atoms with Crippen LogP contribution in [0.2, 0.25) is 0 Å². The first-order chi connectivity index (χ1) is 18.0. The molecule has 0 amide bonds. The molecule has 4 heteroatoms. The van der Waals surface area contributed by atoms with Crippen molar-refractivity contribution in [2.75, 3.05) is 26.8 Å². The second-order valence-electron chi connectivity index (χ2n) is 12.8. The van der Waals surface area contributed by atoms with Crippen LogP contribution in [0.4, 0.5) is 0 Å². The largest absolute Gasteiger partial charge is 0.508 e. The topological polar surface area (TPSA) is 41.9 Å². The fraction of sp³-hybridized carbons (Fsp3) is 0.636. The molecule has 0 unspecified atom stereocenters. The van der Waals surface area contributed by atoms with E-state index >= 15 is 0 Å². The summed E-state index contributed by atoms with van der Waals surface area (Å²) >= 11 is 0. The maximum Gasteiger partial charge on any atom is 0.161 e. The van der Waals surface area contributed by atoms with E-state index in [0.29, 0.717) is 23.0 Å². The summed E-state index contributed by atoms with van der Waals surface area (Å²) in [5.74, 6) is 5.82. The summed E-state index contributed by atoms with van der Waals surface area (Å²) in [6.07, 6.45) is 10.1. The third-order valence-electron chi connectivity index (χ3n) is 10.8. The molecule has 0 radical (unpaired) electrons. The highest BCUT2D eigenvalue weighted by molar-refractivity contribution is 5.43. The van der Waals surface area contributed by atoms with Gasteiger partial charge in [-0.05, 0) is 140 Å². The number of rotatable bonds is 7. The van der Waals surface area contributed by atoms with Gasteiger partial charge in [-0.25, -0.2) is 0 Å². The Labute approximate surface area is 223 Å². The van der Waals surface area contributed by atoms with Gasteiger partial charge in [-0.15, -0.1) is 0 Å². The Morgan fingerprint density at radius 1 is 1.03 bits per heavy atom. The molecule has 4 aliphatic rings. The molecule has 2 saturated carbocycles. The van der Waals surface area contributed by atoms with E-state index in [4.69, 9.17) is 9.47 Å². The van der Waals surface area contributed by atoms with E-state index in [9.17, 15) is 5.11 Å². The summed E-state index contributed by atoms with van der Waals surface area (Å²) in [4.78, 5) is 2.52. The molecule has 1 N–H and O–H groups in total. The molecule has 2 aromatic carbocycles. The van der Waals surface area contributed by atoms with Gasteiger partial charge in [-0.1, -0.05) is 26.0 Å². The van der Waals surface area contributed by atoms with Crippen molar-refractivity contribution in [1.82, 2.24) is 4.90 Å². The number of likely N-dealkylation sites (tertiary alicyclic amines) is 1. The minimum absolute atomic E-state index is 0.414. The van der Waals surface area contributed by atoms with Crippen molar-refractivity contribution in [2.45, 2.75) is 77.7 Å². The molecule has 200 valence electrons. The highest BCUT2D eigenvalue weighted by atomic mass is 16.5. The zero-order valence-corrected chi connectivity index (χ0v) is 23.0. The van der Waals surface area contributed by atoms with Gasteiger partial charge in [-0.3, -0.25) is 4.90 Å². The monoisotopic (exact) mass is 503 g/mol. The van der Waals surface area contributed by atoms with Crippen LogP contribution in [0.15, 0.2) is 36.4 Å². The highest BCUT2D eigenvalue weighted by Gasteiger charge is 2.55. The van der Waals surface area contributed by atoms with Crippen LogP contribution >= 0.6 is 0 Å². The molecule has 1 heterocycles. The van der Waals surface area contributed by atoms with Gasteiger partial charge < -0.3 is 14.6 Å². The van der Waals surface area contributed by atoms with E-state index in [-0.39, 0.29) is 0 Å².